The van der Waals surface area contributed by atoms with Gasteiger partial charge in [0.25, 0.3) is 11.8 Å². The number of fused-ring (bicyclic) bond motifs is 1. The van der Waals surface area contributed by atoms with Crippen LogP contribution in [0.25, 0.3) is 0 Å². The zero-order chi connectivity index (χ0) is 16.9. The van der Waals surface area contributed by atoms with Gasteiger partial charge in [-0.1, -0.05) is 24.6 Å². The number of anilines is 2. The Labute approximate surface area is 141 Å². The first-order valence-electron chi connectivity index (χ1n) is 8.24. The molecule has 0 radical (unpaired) electrons. The van der Waals surface area contributed by atoms with Gasteiger partial charge in [0.2, 0.25) is 0 Å². The summed E-state index contributed by atoms with van der Waals surface area (Å²) in [5, 5.41) is 3.30. The number of hydrogen-bond acceptors (Lipinski definition) is 4. The Morgan fingerprint density at radius 1 is 0.875 bits per heavy atom. The molecule has 124 valence electrons. The lowest BCUT2D eigenvalue weighted by atomic mass is 10.1. The van der Waals surface area contributed by atoms with Crippen LogP contribution in [0.2, 0.25) is 0 Å². The van der Waals surface area contributed by atoms with Crippen molar-refractivity contribution in [2.24, 2.45) is 5.73 Å². The summed E-state index contributed by atoms with van der Waals surface area (Å²) < 4.78 is 0. The Bertz CT molecular complexity index is 744. The molecule has 2 amide bonds. The normalized spacial score (nSPS) is 13.3. The maximum Gasteiger partial charge on any atom is 0.266 e. The molecule has 0 fully saturated rings. The first-order chi connectivity index (χ1) is 11.7. The fraction of sp³-hybridized carbons (Fsp3) is 0.263. The van der Waals surface area contributed by atoms with E-state index < -0.39 is 0 Å². The third kappa shape index (κ3) is 3.16. The summed E-state index contributed by atoms with van der Waals surface area (Å²) >= 11 is 0. The molecule has 0 unspecified atom stereocenters. The number of rotatable bonds is 7. The first kappa shape index (κ1) is 16.2. The van der Waals surface area contributed by atoms with Gasteiger partial charge in [0.1, 0.15) is 0 Å². The van der Waals surface area contributed by atoms with Gasteiger partial charge >= 0.3 is 0 Å². The van der Waals surface area contributed by atoms with Crippen molar-refractivity contribution in [1.82, 2.24) is 0 Å². The van der Waals surface area contributed by atoms with E-state index in [0.717, 1.165) is 31.5 Å². The number of imide groups is 1. The largest absolute Gasteiger partial charge is 0.385 e. The Kier molecular flexibility index (Phi) is 4.91. The molecule has 0 atom stereocenters. The van der Waals surface area contributed by atoms with Crippen LogP contribution >= 0.6 is 0 Å². The van der Waals surface area contributed by atoms with E-state index in [4.69, 9.17) is 5.73 Å². The summed E-state index contributed by atoms with van der Waals surface area (Å²) in [5.74, 6) is -0.538. The fourth-order valence-corrected chi connectivity index (χ4v) is 2.84. The Balaban J connectivity index is 1.74. The predicted molar refractivity (Wildman–Crippen MR) is 95.4 cm³/mol. The SMILES string of the molecule is NCCCCCNc1ccc2c(c1)C(=O)N(c1ccccc1)C2=O. The first-order valence-corrected chi connectivity index (χ1v) is 8.24. The Morgan fingerprint density at radius 2 is 1.62 bits per heavy atom. The summed E-state index contributed by atoms with van der Waals surface area (Å²) in [5.41, 5.74) is 7.84. The number of carbonyl (C=O) groups is 2. The topological polar surface area (TPSA) is 75.4 Å². The van der Waals surface area contributed by atoms with Crippen molar-refractivity contribution in [2.45, 2.75) is 19.3 Å². The Morgan fingerprint density at radius 3 is 2.38 bits per heavy atom. The van der Waals surface area contributed by atoms with Crippen molar-refractivity contribution < 1.29 is 9.59 Å². The molecule has 2 aromatic carbocycles. The molecule has 0 saturated heterocycles. The zero-order valence-corrected chi connectivity index (χ0v) is 13.5. The molecule has 0 saturated carbocycles. The van der Waals surface area contributed by atoms with Crippen molar-refractivity contribution in [1.29, 1.82) is 0 Å². The van der Waals surface area contributed by atoms with Crippen molar-refractivity contribution in [3.05, 3.63) is 59.7 Å². The van der Waals surface area contributed by atoms with E-state index in [1.54, 1.807) is 24.3 Å². The third-order valence-electron chi connectivity index (χ3n) is 4.11. The van der Waals surface area contributed by atoms with Crippen LogP contribution in [0.1, 0.15) is 40.0 Å². The molecule has 3 N–H and O–H groups in total. The minimum absolute atomic E-state index is 0.268. The molecular formula is C19H21N3O2. The van der Waals surface area contributed by atoms with E-state index in [0.29, 0.717) is 23.4 Å². The molecular weight excluding hydrogens is 302 g/mol. The van der Waals surface area contributed by atoms with Gasteiger partial charge in [-0.3, -0.25) is 9.59 Å². The van der Waals surface area contributed by atoms with Crippen LogP contribution < -0.4 is 16.0 Å². The van der Waals surface area contributed by atoms with Crippen LogP contribution in [0, 0.1) is 0 Å². The highest BCUT2D eigenvalue weighted by atomic mass is 16.2. The number of carbonyl (C=O) groups excluding carboxylic acids is 2. The lowest BCUT2D eigenvalue weighted by molar-refractivity contribution is 0.0926. The van der Waals surface area contributed by atoms with Gasteiger partial charge in [-0.25, -0.2) is 4.90 Å². The van der Waals surface area contributed by atoms with Gasteiger partial charge in [0.15, 0.2) is 0 Å². The average Bonchev–Trinajstić information content (AvgIpc) is 2.86. The van der Waals surface area contributed by atoms with Gasteiger partial charge < -0.3 is 11.1 Å². The van der Waals surface area contributed by atoms with Gasteiger partial charge in [0.05, 0.1) is 16.8 Å². The molecule has 5 nitrogen and oxygen atoms in total. The molecule has 0 aliphatic carbocycles. The second-order valence-corrected chi connectivity index (χ2v) is 5.82. The number of benzene rings is 2. The summed E-state index contributed by atoms with van der Waals surface area (Å²) in [6.45, 7) is 1.54. The summed E-state index contributed by atoms with van der Waals surface area (Å²) in [6.07, 6.45) is 3.12. The van der Waals surface area contributed by atoms with Crippen molar-refractivity contribution in [3.8, 4) is 0 Å². The molecule has 0 bridgehead atoms. The minimum Gasteiger partial charge on any atom is -0.385 e. The molecule has 0 spiro atoms. The quantitative estimate of drug-likeness (QED) is 0.606. The number of nitrogens with zero attached hydrogens (tertiary/aromatic N) is 1. The minimum atomic E-state index is -0.270. The molecule has 5 heteroatoms. The van der Waals surface area contributed by atoms with E-state index in [2.05, 4.69) is 5.32 Å². The van der Waals surface area contributed by atoms with E-state index in [9.17, 15) is 9.59 Å². The average molecular weight is 323 g/mol. The van der Waals surface area contributed by atoms with E-state index in [1.807, 2.05) is 24.3 Å². The predicted octanol–water partition coefficient (Wildman–Crippen LogP) is 3.03. The molecule has 2 aromatic rings. The van der Waals surface area contributed by atoms with E-state index in [-0.39, 0.29) is 11.8 Å². The summed E-state index contributed by atoms with van der Waals surface area (Å²) in [7, 11) is 0. The number of hydrogen-bond donors (Lipinski definition) is 2. The standard InChI is InChI=1S/C19H21N3O2/c20-11-5-2-6-12-21-14-9-10-16-17(13-14)19(24)22(18(16)23)15-7-3-1-4-8-15/h1,3-4,7-10,13,21H,2,5-6,11-12,20H2. The maximum absolute atomic E-state index is 12.6. The van der Waals surface area contributed by atoms with E-state index >= 15 is 0 Å². The highest BCUT2D eigenvalue weighted by Gasteiger charge is 2.36. The van der Waals surface area contributed by atoms with Crippen LogP contribution in [0.4, 0.5) is 11.4 Å². The van der Waals surface area contributed by atoms with Crippen molar-refractivity contribution in [2.75, 3.05) is 23.3 Å². The molecule has 1 aliphatic heterocycles. The number of nitrogens with one attached hydrogen (secondary N) is 1. The smallest absolute Gasteiger partial charge is 0.266 e. The maximum atomic E-state index is 12.6. The van der Waals surface area contributed by atoms with Crippen LogP contribution in [0.5, 0.6) is 0 Å². The highest BCUT2D eigenvalue weighted by molar-refractivity contribution is 6.34. The lowest BCUT2D eigenvalue weighted by Crippen LogP contribution is -2.29. The van der Waals surface area contributed by atoms with Gasteiger partial charge in [-0.15, -0.1) is 0 Å². The molecule has 24 heavy (non-hydrogen) atoms. The fourth-order valence-electron chi connectivity index (χ4n) is 2.84. The highest BCUT2D eigenvalue weighted by Crippen LogP contribution is 2.30. The van der Waals surface area contributed by atoms with Crippen LogP contribution in [0.3, 0.4) is 0 Å². The van der Waals surface area contributed by atoms with Gasteiger partial charge in [-0.2, -0.15) is 0 Å². The van der Waals surface area contributed by atoms with Crippen molar-refractivity contribution in [3.63, 3.8) is 0 Å². The monoisotopic (exact) mass is 323 g/mol. The summed E-state index contributed by atoms with van der Waals surface area (Å²) in [4.78, 5) is 26.4. The second-order valence-electron chi connectivity index (χ2n) is 5.82. The number of amides is 2. The number of nitrogens with two attached hydrogens (primary N) is 1. The molecule has 0 aromatic heterocycles. The van der Waals surface area contributed by atoms with Crippen LogP contribution in [-0.4, -0.2) is 24.9 Å². The molecule has 1 aliphatic rings. The number of para-hydroxylation sites is 1. The van der Waals surface area contributed by atoms with Crippen LogP contribution in [-0.2, 0) is 0 Å². The zero-order valence-electron chi connectivity index (χ0n) is 13.5. The second kappa shape index (κ2) is 7.27. The van der Waals surface area contributed by atoms with Crippen molar-refractivity contribution >= 4 is 23.2 Å². The number of unbranched alkanes of at least 4 members (excludes halogenated alkanes) is 2. The van der Waals surface area contributed by atoms with E-state index in [1.165, 1.54) is 4.90 Å². The van der Waals surface area contributed by atoms with Gasteiger partial charge in [-0.05, 0) is 49.7 Å². The van der Waals surface area contributed by atoms with Gasteiger partial charge in [0, 0.05) is 12.2 Å². The van der Waals surface area contributed by atoms with Crippen LogP contribution in [0.15, 0.2) is 48.5 Å². The summed E-state index contributed by atoms with van der Waals surface area (Å²) in [6, 6.07) is 14.3. The molecule has 3 rings (SSSR count). The lowest BCUT2D eigenvalue weighted by Gasteiger charge is -2.13. The molecule has 1 heterocycles. The third-order valence-corrected chi connectivity index (χ3v) is 4.11. The Hall–Kier alpha value is -2.66.